The van der Waals surface area contributed by atoms with Crippen LogP contribution in [0, 0.1) is 5.41 Å². The van der Waals surface area contributed by atoms with E-state index in [2.05, 4.69) is 5.32 Å². The normalized spacial score (nSPS) is 17.0. The lowest BCUT2D eigenvalue weighted by atomic mass is 9.71. The van der Waals surface area contributed by atoms with Crippen LogP contribution in [0.3, 0.4) is 0 Å². The van der Waals surface area contributed by atoms with E-state index < -0.39 is 12.0 Å². The molecular formula is C19H29ClN2O3. The number of ether oxygens (including phenoxy) is 1. The van der Waals surface area contributed by atoms with Crippen molar-refractivity contribution in [2.45, 2.75) is 51.0 Å². The lowest BCUT2D eigenvalue weighted by Crippen LogP contribution is -2.46. The highest BCUT2D eigenvalue weighted by atomic mass is 35.5. The van der Waals surface area contributed by atoms with E-state index in [-0.39, 0.29) is 23.7 Å². The Morgan fingerprint density at radius 1 is 1.20 bits per heavy atom. The summed E-state index contributed by atoms with van der Waals surface area (Å²) in [4.78, 5) is 24.6. The number of nitrogens with two attached hydrogens (primary N) is 1. The fourth-order valence-electron chi connectivity index (χ4n) is 3.53. The zero-order chi connectivity index (χ0) is 17.4. The zero-order valence-electron chi connectivity index (χ0n) is 14.8. The van der Waals surface area contributed by atoms with Crippen LogP contribution in [0.4, 0.5) is 0 Å². The van der Waals surface area contributed by atoms with Crippen LogP contribution < -0.4 is 11.1 Å². The first-order chi connectivity index (χ1) is 11.6. The molecule has 1 aliphatic carbocycles. The SMILES string of the molecule is COC(=O)C(Cc1ccccc1)NC(=O)CC1(CN)CCCCC1.Cl. The van der Waals surface area contributed by atoms with Gasteiger partial charge in [0.2, 0.25) is 5.91 Å². The number of benzene rings is 1. The first-order valence-electron chi connectivity index (χ1n) is 8.70. The molecule has 1 atom stereocenters. The fourth-order valence-corrected chi connectivity index (χ4v) is 3.53. The number of rotatable bonds is 7. The van der Waals surface area contributed by atoms with Gasteiger partial charge in [-0.1, -0.05) is 49.6 Å². The summed E-state index contributed by atoms with van der Waals surface area (Å²) in [5.41, 5.74) is 6.83. The van der Waals surface area contributed by atoms with Gasteiger partial charge in [-0.15, -0.1) is 12.4 Å². The molecule has 1 aliphatic rings. The summed E-state index contributed by atoms with van der Waals surface area (Å²) in [7, 11) is 1.34. The van der Waals surface area contributed by atoms with Gasteiger partial charge in [0, 0.05) is 12.8 Å². The van der Waals surface area contributed by atoms with Crippen LogP contribution in [0.5, 0.6) is 0 Å². The van der Waals surface area contributed by atoms with Crippen molar-refractivity contribution in [3.63, 3.8) is 0 Å². The monoisotopic (exact) mass is 368 g/mol. The first-order valence-corrected chi connectivity index (χ1v) is 8.70. The van der Waals surface area contributed by atoms with Gasteiger partial charge in [-0.25, -0.2) is 4.79 Å². The van der Waals surface area contributed by atoms with E-state index in [1.807, 2.05) is 30.3 Å². The number of hydrogen-bond donors (Lipinski definition) is 2. The highest BCUT2D eigenvalue weighted by Crippen LogP contribution is 2.38. The second-order valence-corrected chi connectivity index (χ2v) is 6.77. The van der Waals surface area contributed by atoms with Crippen molar-refractivity contribution in [3.8, 4) is 0 Å². The predicted molar refractivity (Wildman–Crippen MR) is 101 cm³/mol. The second-order valence-electron chi connectivity index (χ2n) is 6.77. The lowest BCUT2D eigenvalue weighted by molar-refractivity contribution is -0.145. The van der Waals surface area contributed by atoms with Gasteiger partial charge in [-0.3, -0.25) is 4.79 Å². The highest BCUT2D eigenvalue weighted by Gasteiger charge is 2.34. The molecule has 0 spiro atoms. The van der Waals surface area contributed by atoms with Crippen molar-refractivity contribution in [1.82, 2.24) is 5.32 Å². The van der Waals surface area contributed by atoms with Gasteiger partial charge in [0.05, 0.1) is 7.11 Å². The maximum Gasteiger partial charge on any atom is 0.328 e. The number of carbonyl (C=O) groups is 2. The standard InChI is InChI=1S/C19H28N2O3.ClH/c1-24-18(23)16(12-15-8-4-2-5-9-15)21-17(22)13-19(14-20)10-6-3-7-11-19;/h2,4-5,8-9,16H,3,6-7,10-14,20H2,1H3,(H,21,22);1H. The van der Waals surface area contributed by atoms with Gasteiger partial charge in [0.1, 0.15) is 6.04 Å². The first kappa shape index (κ1) is 21.5. The third-order valence-electron chi connectivity index (χ3n) is 4.99. The summed E-state index contributed by atoms with van der Waals surface area (Å²) < 4.78 is 4.85. The third-order valence-corrected chi connectivity index (χ3v) is 4.99. The minimum Gasteiger partial charge on any atom is -0.467 e. The van der Waals surface area contributed by atoms with Crippen molar-refractivity contribution in [1.29, 1.82) is 0 Å². The molecule has 2 rings (SSSR count). The molecule has 1 aromatic carbocycles. The van der Waals surface area contributed by atoms with Crippen molar-refractivity contribution in [2.75, 3.05) is 13.7 Å². The Bertz CT molecular complexity index is 545. The number of hydrogen-bond acceptors (Lipinski definition) is 4. The predicted octanol–water partition coefficient (Wildman–Crippen LogP) is 2.61. The van der Waals surface area contributed by atoms with Gasteiger partial charge in [0.25, 0.3) is 0 Å². The van der Waals surface area contributed by atoms with E-state index in [0.29, 0.717) is 19.4 Å². The van der Waals surface area contributed by atoms with Crippen LogP contribution in [0.25, 0.3) is 0 Å². The largest absolute Gasteiger partial charge is 0.467 e. The third kappa shape index (κ3) is 6.33. The molecule has 6 heteroatoms. The lowest BCUT2D eigenvalue weighted by Gasteiger charge is -2.36. The molecule has 0 radical (unpaired) electrons. The van der Waals surface area contributed by atoms with Crippen LogP contribution >= 0.6 is 12.4 Å². The Kier molecular flexibility index (Phi) is 8.93. The van der Waals surface area contributed by atoms with E-state index >= 15 is 0 Å². The van der Waals surface area contributed by atoms with Crippen LogP contribution in [0.1, 0.15) is 44.1 Å². The summed E-state index contributed by atoms with van der Waals surface area (Å²) >= 11 is 0. The summed E-state index contributed by atoms with van der Waals surface area (Å²) in [6.07, 6.45) is 6.23. The van der Waals surface area contributed by atoms with Gasteiger partial charge in [-0.05, 0) is 30.4 Å². The molecular weight excluding hydrogens is 340 g/mol. The molecule has 25 heavy (non-hydrogen) atoms. The summed E-state index contributed by atoms with van der Waals surface area (Å²) in [6, 6.07) is 8.95. The van der Waals surface area contributed by atoms with Crippen LogP contribution in [0.2, 0.25) is 0 Å². The van der Waals surface area contributed by atoms with Crippen molar-refractivity contribution < 1.29 is 14.3 Å². The van der Waals surface area contributed by atoms with Crippen molar-refractivity contribution in [2.24, 2.45) is 11.1 Å². The Morgan fingerprint density at radius 3 is 2.40 bits per heavy atom. The van der Waals surface area contributed by atoms with Gasteiger partial charge >= 0.3 is 5.97 Å². The molecule has 1 unspecified atom stereocenters. The fraction of sp³-hybridized carbons (Fsp3) is 0.579. The minimum absolute atomic E-state index is 0. The molecule has 1 fully saturated rings. The van der Waals surface area contributed by atoms with E-state index in [1.165, 1.54) is 13.5 Å². The van der Waals surface area contributed by atoms with Crippen LogP contribution in [-0.4, -0.2) is 31.6 Å². The van der Waals surface area contributed by atoms with Gasteiger partial charge < -0.3 is 15.8 Å². The number of nitrogens with one attached hydrogen (secondary N) is 1. The van der Waals surface area contributed by atoms with E-state index in [1.54, 1.807) is 0 Å². The van der Waals surface area contributed by atoms with Crippen LogP contribution in [0.15, 0.2) is 30.3 Å². The summed E-state index contributed by atoms with van der Waals surface area (Å²) in [5, 5.41) is 2.85. The number of carbonyl (C=O) groups excluding carboxylic acids is 2. The topological polar surface area (TPSA) is 81.4 Å². The molecule has 0 heterocycles. The van der Waals surface area contributed by atoms with Gasteiger partial charge in [0.15, 0.2) is 0 Å². The Morgan fingerprint density at radius 2 is 1.84 bits per heavy atom. The average molecular weight is 369 g/mol. The van der Waals surface area contributed by atoms with Crippen molar-refractivity contribution in [3.05, 3.63) is 35.9 Å². The quantitative estimate of drug-likeness (QED) is 0.725. The Hall–Kier alpha value is -1.59. The molecule has 5 nitrogen and oxygen atoms in total. The number of esters is 1. The molecule has 0 aromatic heterocycles. The molecule has 140 valence electrons. The van der Waals surface area contributed by atoms with Gasteiger partial charge in [-0.2, -0.15) is 0 Å². The second kappa shape index (κ2) is 10.4. The number of amides is 1. The molecule has 0 aliphatic heterocycles. The maximum atomic E-state index is 12.5. The number of methoxy groups -OCH3 is 1. The van der Waals surface area contributed by atoms with E-state index in [9.17, 15) is 9.59 Å². The maximum absolute atomic E-state index is 12.5. The van der Waals surface area contributed by atoms with Crippen LogP contribution in [-0.2, 0) is 20.7 Å². The van der Waals surface area contributed by atoms with E-state index in [4.69, 9.17) is 10.5 Å². The Balaban J connectivity index is 0.00000312. The molecule has 0 bridgehead atoms. The van der Waals surface area contributed by atoms with Crippen molar-refractivity contribution >= 4 is 24.3 Å². The molecule has 3 N–H and O–H groups in total. The molecule has 1 aromatic rings. The smallest absolute Gasteiger partial charge is 0.328 e. The molecule has 0 saturated heterocycles. The molecule has 1 saturated carbocycles. The Labute approximate surface area is 156 Å². The zero-order valence-corrected chi connectivity index (χ0v) is 15.6. The van der Waals surface area contributed by atoms with E-state index in [0.717, 1.165) is 31.2 Å². The minimum atomic E-state index is -0.664. The molecule has 1 amide bonds. The summed E-state index contributed by atoms with van der Waals surface area (Å²) in [6.45, 7) is 0.516. The average Bonchev–Trinajstić information content (AvgIpc) is 2.62. The number of halogens is 1. The highest BCUT2D eigenvalue weighted by molar-refractivity contribution is 5.85. The summed E-state index contributed by atoms with van der Waals surface area (Å²) in [5.74, 6) is -0.536.